The molecule has 0 fully saturated rings. The Morgan fingerprint density at radius 3 is 2.71 bits per heavy atom. The van der Waals surface area contributed by atoms with Gasteiger partial charge in [0.1, 0.15) is 5.69 Å². The molecule has 0 radical (unpaired) electrons. The maximum Gasteiger partial charge on any atom is 0.281 e. The lowest BCUT2D eigenvalue weighted by molar-refractivity contribution is 0.145. The van der Waals surface area contributed by atoms with Gasteiger partial charge < -0.3 is 4.90 Å². The van der Waals surface area contributed by atoms with E-state index in [0.717, 1.165) is 5.69 Å². The number of hydrogen-bond acceptors (Lipinski definition) is 4. The van der Waals surface area contributed by atoms with E-state index in [-0.39, 0.29) is 11.7 Å². The minimum atomic E-state index is -2.57. The Balaban J connectivity index is 2.04. The van der Waals surface area contributed by atoms with Gasteiger partial charge in [-0.2, -0.15) is 0 Å². The molecule has 3 rings (SSSR count). The molecule has 0 bridgehead atoms. The number of aryl methyl sites for hydroxylation is 1. The third kappa shape index (κ3) is 2.71. The molecule has 0 amide bonds. The summed E-state index contributed by atoms with van der Waals surface area (Å²) >= 11 is 1.30. The molecule has 6 heteroatoms. The molecule has 108 valence electrons. The number of hydrogen-bond donors (Lipinski definition) is 0. The van der Waals surface area contributed by atoms with Crippen LogP contribution >= 0.6 is 11.3 Å². The van der Waals surface area contributed by atoms with Gasteiger partial charge in [-0.15, -0.1) is 11.3 Å². The molecule has 1 unspecified atom stereocenters. The van der Waals surface area contributed by atoms with Crippen LogP contribution in [0, 0.1) is 6.92 Å². The Labute approximate surface area is 125 Å². The predicted molar refractivity (Wildman–Crippen MR) is 81.1 cm³/mol. The van der Waals surface area contributed by atoms with Crippen molar-refractivity contribution in [1.82, 2.24) is 4.98 Å². The maximum atomic E-state index is 13.2. The number of nitrogens with zero attached hydrogens (tertiary/aromatic N) is 3. The fourth-order valence-electron chi connectivity index (χ4n) is 2.27. The lowest BCUT2D eigenvalue weighted by atomic mass is 10.1. The lowest BCUT2D eigenvalue weighted by Crippen LogP contribution is -2.27. The van der Waals surface area contributed by atoms with E-state index in [9.17, 15) is 8.78 Å². The Kier molecular flexibility index (Phi) is 3.79. The van der Waals surface area contributed by atoms with Gasteiger partial charge in [-0.3, -0.25) is 0 Å². The highest BCUT2D eigenvalue weighted by Crippen LogP contribution is 2.37. The second kappa shape index (κ2) is 5.73. The SMILES string of the molecule is Cc1nc(C(F)F)c(C2C=CN=CN2c2ccccc2)s1. The van der Waals surface area contributed by atoms with Gasteiger partial charge in [0.25, 0.3) is 6.43 Å². The summed E-state index contributed by atoms with van der Waals surface area (Å²) in [6, 6.07) is 9.27. The Morgan fingerprint density at radius 2 is 2.00 bits per heavy atom. The first-order chi connectivity index (χ1) is 10.2. The Morgan fingerprint density at radius 1 is 1.24 bits per heavy atom. The minimum absolute atomic E-state index is 0.136. The first-order valence-corrected chi connectivity index (χ1v) is 7.27. The lowest BCUT2D eigenvalue weighted by Gasteiger charge is -2.29. The zero-order chi connectivity index (χ0) is 14.8. The fourth-order valence-corrected chi connectivity index (χ4v) is 3.29. The van der Waals surface area contributed by atoms with E-state index in [1.807, 2.05) is 41.3 Å². The number of rotatable bonds is 3. The third-order valence-corrected chi connectivity index (χ3v) is 4.22. The molecular weight excluding hydrogens is 292 g/mol. The number of anilines is 1. The van der Waals surface area contributed by atoms with Crippen molar-refractivity contribution >= 4 is 23.4 Å². The van der Waals surface area contributed by atoms with Crippen LogP contribution in [0.25, 0.3) is 0 Å². The Bertz CT molecular complexity index is 679. The van der Waals surface area contributed by atoms with Crippen LogP contribution in [0.3, 0.4) is 0 Å². The maximum absolute atomic E-state index is 13.2. The van der Waals surface area contributed by atoms with E-state index in [0.29, 0.717) is 9.88 Å². The molecule has 2 heterocycles. The topological polar surface area (TPSA) is 28.5 Å². The number of para-hydroxylation sites is 1. The molecule has 1 aliphatic heterocycles. The molecule has 0 spiro atoms. The number of benzene rings is 1. The largest absolute Gasteiger partial charge is 0.320 e. The molecular formula is C15H13F2N3S. The number of thiazole rings is 1. The predicted octanol–water partition coefficient (Wildman–Crippen LogP) is 4.49. The first kappa shape index (κ1) is 13.9. The van der Waals surface area contributed by atoms with Gasteiger partial charge in [0.05, 0.1) is 22.3 Å². The molecule has 0 saturated heterocycles. The normalized spacial score (nSPS) is 17.7. The van der Waals surface area contributed by atoms with E-state index < -0.39 is 6.43 Å². The number of aromatic nitrogens is 1. The molecule has 0 saturated carbocycles. The van der Waals surface area contributed by atoms with Crippen molar-refractivity contribution in [2.24, 2.45) is 4.99 Å². The van der Waals surface area contributed by atoms with Gasteiger partial charge in [-0.1, -0.05) is 18.2 Å². The van der Waals surface area contributed by atoms with Gasteiger partial charge in [-0.05, 0) is 25.1 Å². The molecule has 1 aliphatic rings. The van der Waals surface area contributed by atoms with Crippen molar-refractivity contribution in [3.63, 3.8) is 0 Å². The summed E-state index contributed by atoms with van der Waals surface area (Å²) in [5.74, 6) is 0. The smallest absolute Gasteiger partial charge is 0.281 e. The molecule has 3 nitrogen and oxygen atoms in total. The third-order valence-electron chi connectivity index (χ3n) is 3.16. The molecule has 1 aromatic carbocycles. The van der Waals surface area contributed by atoms with Gasteiger partial charge in [0, 0.05) is 11.9 Å². The van der Waals surface area contributed by atoms with Crippen molar-refractivity contribution in [1.29, 1.82) is 0 Å². The highest BCUT2D eigenvalue weighted by Gasteiger charge is 2.28. The summed E-state index contributed by atoms with van der Waals surface area (Å²) in [7, 11) is 0. The van der Waals surface area contributed by atoms with E-state index in [1.54, 1.807) is 19.5 Å². The highest BCUT2D eigenvalue weighted by atomic mass is 32.1. The average Bonchev–Trinajstić information content (AvgIpc) is 2.90. The van der Waals surface area contributed by atoms with Crippen LogP contribution in [-0.4, -0.2) is 11.3 Å². The fraction of sp³-hybridized carbons (Fsp3) is 0.200. The van der Waals surface area contributed by atoms with Crippen LogP contribution in [0.15, 0.2) is 47.6 Å². The van der Waals surface area contributed by atoms with Crippen molar-refractivity contribution < 1.29 is 8.78 Å². The van der Waals surface area contributed by atoms with Crippen molar-refractivity contribution in [2.45, 2.75) is 19.4 Å². The zero-order valence-corrected chi connectivity index (χ0v) is 12.1. The van der Waals surface area contributed by atoms with Crippen LogP contribution in [0.2, 0.25) is 0 Å². The molecule has 1 atom stereocenters. The van der Waals surface area contributed by atoms with Gasteiger partial charge in [-0.25, -0.2) is 18.8 Å². The van der Waals surface area contributed by atoms with E-state index >= 15 is 0 Å². The first-order valence-electron chi connectivity index (χ1n) is 6.45. The quantitative estimate of drug-likeness (QED) is 0.835. The summed E-state index contributed by atoms with van der Waals surface area (Å²) < 4.78 is 26.4. The van der Waals surface area contributed by atoms with Crippen molar-refractivity contribution in [3.05, 3.63) is 58.2 Å². The number of aliphatic imine (C=N–C) groups is 1. The minimum Gasteiger partial charge on any atom is -0.320 e. The van der Waals surface area contributed by atoms with Crippen LogP contribution in [-0.2, 0) is 0 Å². The molecule has 1 aromatic heterocycles. The van der Waals surface area contributed by atoms with Crippen molar-refractivity contribution in [3.8, 4) is 0 Å². The molecule has 2 aromatic rings. The Hall–Kier alpha value is -2.08. The zero-order valence-electron chi connectivity index (χ0n) is 11.3. The van der Waals surface area contributed by atoms with E-state index in [1.165, 1.54) is 11.3 Å². The number of alkyl halides is 2. The van der Waals surface area contributed by atoms with Crippen LogP contribution in [0.1, 0.15) is 28.0 Å². The second-order valence-corrected chi connectivity index (χ2v) is 5.81. The molecule has 21 heavy (non-hydrogen) atoms. The van der Waals surface area contributed by atoms with Crippen LogP contribution < -0.4 is 4.90 Å². The number of halogens is 2. The van der Waals surface area contributed by atoms with Crippen molar-refractivity contribution in [2.75, 3.05) is 4.90 Å². The second-order valence-electron chi connectivity index (χ2n) is 4.58. The van der Waals surface area contributed by atoms with Gasteiger partial charge in [0.2, 0.25) is 0 Å². The summed E-state index contributed by atoms with van der Waals surface area (Å²) in [5.41, 5.74) is 0.769. The highest BCUT2D eigenvalue weighted by molar-refractivity contribution is 7.11. The summed E-state index contributed by atoms with van der Waals surface area (Å²) in [6.45, 7) is 1.74. The molecule has 0 aliphatic carbocycles. The summed E-state index contributed by atoms with van der Waals surface area (Å²) in [5, 5.41) is 0.643. The van der Waals surface area contributed by atoms with E-state index in [2.05, 4.69) is 9.98 Å². The van der Waals surface area contributed by atoms with Crippen LogP contribution in [0.4, 0.5) is 14.5 Å². The summed E-state index contributed by atoms with van der Waals surface area (Å²) in [4.78, 5) is 10.5. The summed E-state index contributed by atoms with van der Waals surface area (Å²) in [6.07, 6.45) is 2.53. The standard InChI is InChI=1S/C15H13F2N3S/c1-10-19-13(15(16)17)14(21-10)12-7-8-18-9-20(12)11-5-3-2-4-6-11/h2-9,12,15H,1H3. The average molecular weight is 305 g/mol. The van der Waals surface area contributed by atoms with Crippen LogP contribution in [0.5, 0.6) is 0 Å². The van der Waals surface area contributed by atoms with E-state index in [4.69, 9.17) is 0 Å². The van der Waals surface area contributed by atoms with Gasteiger partial charge in [0.15, 0.2) is 0 Å². The van der Waals surface area contributed by atoms with Gasteiger partial charge >= 0.3 is 0 Å². The molecule has 0 N–H and O–H groups in total. The monoisotopic (exact) mass is 305 g/mol.